The molecule has 0 saturated carbocycles. The van der Waals surface area contributed by atoms with Crippen molar-refractivity contribution < 1.29 is 9.90 Å². The summed E-state index contributed by atoms with van der Waals surface area (Å²) in [6, 6.07) is 5.65. The summed E-state index contributed by atoms with van der Waals surface area (Å²) in [6.45, 7) is 0. The van der Waals surface area contributed by atoms with Gasteiger partial charge in [-0.15, -0.1) is 10.2 Å². The zero-order valence-corrected chi connectivity index (χ0v) is 11.4. The summed E-state index contributed by atoms with van der Waals surface area (Å²) >= 11 is 1.43. The number of carbonyl (C=O) groups is 1. The van der Waals surface area contributed by atoms with E-state index in [4.69, 9.17) is 5.11 Å². The maximum Gasteiger partial charge on any atom is 0.339 e. The van der Waals surface area contributed by atoms with Crippen LogP contribution in [0, 0.1) is 0 Å². The number of nitrogens with zero attached hydrogens (tertiary/aromatic N) is 5. The van der Waals surface area contributed by atoms with Crippen LogP contribution < -0.4 is 0 Å². The normalized spacial score (nSPS) is 11.1. The molecule has 7 nitrogen and oxygen atoms in total. The van der Waals surface area contributed by atoms with Gasteiger partial charge in [-0.3, -0.25) is 9.08 Å². The van der Waals surface area contributed by atoms with Crippen LogP contribution in [0.5, 0.6) is 0 Å². The number of aromatic carboxylic acids is 1. The SMILES string of the molecule is Cn1ncc(C(=O)O)c1CSc1nnc2ccccn12. The predicted octanol–water partition coefficient (Wildman–Crippen LogP) is 1.45. The van der Waals surface area contributed by atoms with E-state index in [1.54, 1.807) is 11.7 Å². The van der Waals surface area contributed by atoms with E-state index in [2.05, 4.69) is 15.3 Å². The first-order valence-electron chi connectivity index (χ1n) is 5.83. The van der Waals surface area contributed by atoms with E-state index >= 15 is 0 Å². The topological polar surface area (TPSA) is 85.3 Å². The van der Waals surface area contributed by atoms with Crippen LogP contribution in [0.3, 0.4) is 0 Å². The Hall–Kier alpha value is -2.35. The van der Waals surface area contributed by atoms with E-state index in [0.29, 0.717) is 11.4 Å². The van der Waals surface area contributed by atoms with Gasteiger partial charge in [0.2, 0.25) is 0 Å². The molecule has 0 bridgehead atoms. The van der Waals surface area contributed by atoms with Crippen molar-refractivity contribution in [3.63, 3.8) is 0 Å². The lowest BCUT2D eigenvalue weighted by Crippen LogP contribution is -2.03. The van der Waals surface area contributed by atoms with Crippen LogP contribution >= 0.6 is 11.8 Å². The van der Waals surface area contributed by atoms with Crippen molar-refractivity contribution in [1.82, 2.24) is 24.4 Å². The molecule has 3 aromatic rings. The Kier molecular flexibility index (Phi) is 3.15. The molecule has 0 amide bonds. The van der Waals surface area contributed by atoms with Gasteiger partial charge in [-0.05, 0) is 12.1 Å². The minimum absolute atomic E-state index is 0.217. The molecule has 0 aromatic carbocycles. The number of fused-ring (bicyclic) bond motifs is 1. The predicted molar refractivity (Wildman–Crippen MR) is 72.7 cm³/mol. The highest BCUT2D eigenvalue weighted by atomic mass is 32.2. The average molecular weight is 289 g/mol. The Morgan fingerprint density at radius 3 is 3.05 bits per heavy atom. The highest BCUT2D eigenvalue weighted by molar-refractivity contribution is 7.98. The molecule has 0 aliphatic heterocycles. The molecule has 3 aromatic heterocycles. The van der Waals surface area contributed by atoms with Crippen LogP contribution in [0.4, 0.5) is 0 Å². The number of hydrogen-bond donors (Lipinski definition) is 1. The van der Waals surface area contributed by atoms with E-state index in [1.807, 2.05) is 28.8 Å². The molecule has 8 heteroatoms. The molecule has 0 spiro atoms. The third kappa shape index (κ3) is 2.14. The van der Waals surface area contributed by atoms with Gasteiger partial charge >= 0.3 is 5.97 Å². The molecule has 0 aliphatic carbocycles. The van der Waals surface area contributed by atoms with Gasteiger partial charge < -0.3 is 5.11 Å². The first-order valence-corrected chi connectivity index (χ1v) is 6.82. The lowest BCUT2D eigenvalue weighted by molar-refractivity contribution is 0.0696. The smallest absolute Gasteiger partial charge is 0.339 e. The van der Waals surface area contributed by atoms with Crippen LogP contribution in [0.15, 0.2) is 35.7 Å². The molecule has 3 rings (SSSR count). The summed E-state index contributed by atoms with van der Waals surface area (Å²) in [4.78, 5) is 11.1. The third-order valence-electron chi connectivity index (χ3n) is 2.91. The number of carboxylic acid groups (broad SMARTS) is 1. The largest absolute Gasteiger partial charge is 0.478 e. The van der Waals surface area contributed by atoms with Crippen LogP contribution in [0.25, 0.3) is 5.65 Å². The maximum atomic E-state index is 11.1. The van der Waals surface area contributed by atoms with E-state index in [-0.39, 0.29) is 5.56 Å². The lowest BCUT2D eigenvalue weighted by atomic mass is 10.3. The third-order valence-corrected chi connectivity index (χ3v) is 3.87. The minimum atomic E-state index is -0.972. The molecule has 0 saturated heterocycles. The minimum Gasteiger partial charge on any atom is -0.478 e. The first kappa shape index (κ1) is 12.7. The van der Waals surface area contributed by atoms with Gasteiger partial charge in [-0.1, -0.05) is 17.8 Å². The lowest BCUT2D eigenvalue weighted by Gasteiger charge is -2.03. The monoisotopic (exact) mass is 289 g/mol. The van der Waals surface area contributed by atoms with Crippen molar-refractivity contribution >= 4 is 23.4 Å². The van der Waals surface area contributed by atoms with Crippen molar-refractivity contribution in [2.24, 2.45) is 7.05 Å². The highest BCUT2D eigenvalue weighted by Crippen LogP contribution is 2.23. The average Bonchev–Trinajstić information content (AvgIpc) is 3.00. The van der Waals surface area contributed by atoms with Gasteiger partial charge in [0.15, 0.2) is 10.8 Å². The fourth-order valence-corrected chi connectivity index (χ4v) is 2.86. The Morgan fingerprint density at radius 2 is 2.25 bits per heavy atom. The maximum absolute atomic E-state index is 11.1. The van der Waals surface area contributed by atoms with Crippen molar-refractivity contribution in [2.45, 2.75) is 10.9 Å². The molecule has 3 heterocycles. The van der Waals surface area contributed by atoms with E-state index in [0.717, 1.165) is 10.8 Å². The number of aryl methyl sites for hydroxylation is 1. The molecular weight excluding hydrogens is 278 g/mol. The fraction of sp³-hybridized carbons (Fsp3) is 0.167. The second-order valence-corrected chi connectivity index (χ2v) is 5.08. The molecule has 102 valence electrons. The Morgan fingerprint density at radius 1 is 1.40 bits per heavy atom. The second kappa shape index (κ2) is 4.97. The number of aromatic nitrogens is 5. The van der Waals surface area contributed by atoms with Gasteiger partial charge in [0, 0.05) is 19.0 Å². The number of rotatable bonds is 4. The zero-order chi connectivity index (χ0) is 14.1. The van der Waals surface area contributed by atoms with E-state index < -0.39 is 5.97 Å². The van der Waals surface area contributed by atoms with Crippen molar-refractivity contribution in [3.8, 4) is 0 Å². The van der Waals surface area contributed by atoms with Crippen LogP contribution in [0.1, 0.15) is 16.1 Å². The molecule has 20 heavy (non-hydrogen) atoms. The van der Waals surface area contributed by atoms with Gasteiger partial charge in [-0.2, -0.15) is 5.10 Å². The van der Waals surface area contributed by atoms with Crippen molar-refractivity contribution in [1.29, 1.82) is 0 Å². The second-order valence-electron chi connectivity index (χ2n) is 4.13. The van der Waals surface area contributed by atoms with Crippen molar-refractivity contribution in [2.75, 3.05) is 0 Å². The van der Waals surface area contributed by atoms with Gasteiger partial charge in [0.25, 0.3) is 0 Å². The van der Waals surface area contributed by atoms with Crippen LogP contribution in [-0.2, 0) is 12.8 Å². The van der Waals surface area contributed by atoms with Gasteiger partial charge in [-0.25, -0.2) is 4.79 Å². The van der Waals surface area contributed by atoms with E-state index in [9.17, 15) is 4.79 Å². The standard InChI is InChI=1S/C12H11N5O2S/c1-16-9(8(6-13-16)11(18)19)7-20-12-15-14-10-4-2-3-5-17(10)12/h2-6H,7H2,1H3,(H,18,19). The molecule has 0 aliphatic rings. The molecule has 0 atom stereocenters. The summed E-state index contributed by atoms with van der Waals surface area (Å²) < 4.78 is 3.43. The number of pyridine rings is 1. The molecule has 0 radical (unpaired) electrons. The van der Waals surface area contributed by atoms with E-state index in [1.165, 1.54) is 18.0 Å². The molecule has 0 unspecified atom stereocenters. The fourth-order valence-electron chi connectivity index (χ4n) is 1.86. The van der Waals surface area contributed by atoms with Crippen LogP contribution in [-0.4, -0.2) is 35.5 Å². The zero-order valence-electron chi connectivity index (χ0n) is 10.6. The summed E-state index contributed by atoms with van der Waals surface area (Å²) in [5, 5.41) is 22.0. The molecule has 1 N–H and O–H groups in total. The Labute approximate surface area is 118 Å². The van der Waals surface area contributed by atoms with Gasteiger partial charge in [0.1, 0.15) is 5.56 Å². The number of thioether (sulfide) groups is 1. The Bertz CT molecular complexity index is 779. The van der Waals surface area contributed by atoms with Crippen molar-refractivity contribution in [3.05, 3.63) is 41.9 Å². The first-order chi connectivity index (χ1) is 9.66. The summed E-state index contributed by atoms with van der Waals surface area (Å²) in [5.74, 6) is -0.506. The Balaban J connectivity index is 1.87. The van der Waals surface area contributed by atoms with Crippen LogP contribution in [0.2, 0.25) is 0 Å². The molecular formula is C12H11N5O2S. The summed E-state index contributed by atoms with van der Waals surface area (Å²) in [5.41, 5.74) is 1.63. The number of carboxylic acids is 1. The molecule has 0 fully saturated rings. The summed E-state index contributed by atoms with van der Waals surface area (Å²) in [7, 11) is 1.73. The summed E-state index contributed by atoms with van der Waals surface area (Å²) in [6.07, 6.45) is 3.24. The quantitative estimate of drug-likeness (QED) is 0.732. The number of hydrogen-bond acceptors (Lipinski definition) is 5. The van der Waals surface area contributed by atoms with Gasteiger partial charge in [0.05, 0.1) is 11.9 Å². The highest BCUT2D eigenvalue weighted by Gasteiger charge is 2.16.